The van der Waals surface area contributed by atoms with Crippen molar-refractivity contribution in [2.45, 2.75) is 18.4 Å². The summed E-state index contributed by atoms with van der Waals surface area (Å²) in [5.41, 5.74) is 8.06. The molecule has 0 spiro atoms. The second-order valence-corrected chi connectivity index (χ2v) is 4.14. The highest BCUT2D eigenvalue weighted by molar-refractivity contribution is 5.42. The van der Waals surface area contributed by atoms with Gasteiger partial charge in [-0.25, -0.2) is 0 Å². The molecule has 2 N–H and O–H groups in total. The first-order valence-corrected chi connectivity index (χ1v) is 5.58. The predicted molar refractivity (Wildman–Crippen MR) is 69.1 cm³/mol. The molecular weight excluding hydrogens is 194 g/mol. The number of benzene rings is 1. The Kier molecular flexibility index (Phi) is 3.07. The third kappa shape index (κ3) is 1.86. The van der Waals surface area contributed by atoms with Crippen LogP contribution in [0.4, 0.5) is 0 Å². The molecule has 0 bridgehead atoms. The molecule has 0 saturated carbocycles. The van der Waals surface area contributed by atoms with E-state index in [1.165, 1.54) is 11.1 Å². The van der Waals surface area contributed by atoms with E-state index in [2.05, 4.69) is 55.1 Å². The lowest BCUT2D eigenvalue weighted by molar-refractivity contribution is 0.675. The topological polar surface area (TPSA) is 26.0 Å². The summed E-state index contributed by atoms with van der Waals surface area (Å²) in [5.74, 6) is 0. The Morgan fingerprint density at radius 2 is 2.25 bits per heavy atom. The fourth-order valence-electron chi connectivity index (χ4n) is 2.11. The van der Waals surface area contributed by atoms with Crippen molar-refractivity contribution in [2.75, 3.05) is 0 Å². The van der Waals surface area contributed by atoms with Crippen molar-refractivity contribution in [2.24, 2.45) is 5.73 Å². The number of hydrogen-bond acceptors (Lipinski definition) is 1. The van der Waals surface area contributed by atoms with Gasteiger partial charge in [-0.15, -0.1) is 6.58 Å². The molecule has 0 heterocycles. The number of hydrogen-bond donors (Lipinski definition) is 1. The van der Waals surface area contributed by atoms with Gasteiger partial charge in [0.25, 0.3) is 0 Å². The van der Waals surface area contributed by atoms with Crippen LogP contribution in [-0.4, -0.2) is 0 Å². The lowest BCUT2D eigenvalue weighted by atomic mass is 9.75. The van der Waals surface area contributed by atoms with Crippen LogP contribution in [0, 0.1) is 0 Å². The van der Waals surface area contributed by atoms with E-state index in [0.717, 1.165) is 6.42 Å². The summed E-state index contributed by atoms with van der Waals surface area (Å²) in [7, 11) is 0. The van der Waals surface area contributed by atoms with Crippen LogP contribution < -0.4 is 5.73 Å². The molecule has 1 aliphatic rings. The molecule has 0 radical (unpaired) electrons. The van der Waals surface area contributed by atoms with E-state index in [9.17, 15) is 0 Å². The molecule has 0 fully saturated rings. The van der Waals surface area contributed by atoms with Gasteiger partial charge in [-0.05, 0) is 17.5 Å². The smallest absolute Gasteiger partial charge is 0.0347 e. The highest BCUT2D eigenvalue weighted by Gasteiger charge is 2.25. The third-order valence-corrected chi connectivity index (χ3v) is 3.16. The fourth-order valence-corrected chi connectivity index (χ4v) is 2.11. The second-order valence-electron chi connectivity index (χ2n) is 4.14. The Labute approximate surface area is 97.0 Å². The maximum atomic E-state index is 5.68. The molecule has 0 aliphatic heterocycles. The van der Waals surface area contributed by atoms with Crippen molar-refractivity contribution in [3.05, 3.63) is 72.4 Å². The van der Waals surface area contributed by atoms with Crippen molar-refractivity contribution in [3.63, 3.8) is 0 Å². The zero-order valence-corrected chi connectivity index (χ0v) is 9.39. The molecule has 1 aromatic carbocycles. The third-order valence-electron chi connectivity index (χ3n) is 3.16. The molecule has 0 amide bonds. The van der Waals surface area contributed by atoms with Gasteiger partial charge in [0.1, 0.15) is 0 Å². The van der Waals surface area contributed by atoms with Gasteiger partial charge in [-0.2, -0.15) is 0 Å². The zero-order valence-electron chi connectivity index (χ0n) is 9.39. The average molecular weight is 211 g/mol. The highest BCUT2D eigenvalue weighted by atomic mass is 14.5. The zero-order chi connectivity index (χ0) is 11.4. The van der Waals surface area contributed by atoms with E-state index >= 15 is 0 Å². The SMILES string of the molecule is C=CC1(c2cccc(CN)c2)C=CC=CC1. The summed E-state index contributed by atoms with van der Waals surface area (Å²) in [6, 6.07) is 8.44. The summed E-state index contributed by atoms with van der Waals surface area (Å²) in [4.78, 5) is 0. The van der Waals surface area contributed by atoms with Crippen LogP contribution >= 0.6 is 0 Å². The van der Waals surface area contributed by atoms with Gasteiger partial charge in [0, 0.05) is 12.0 Å². The van der Waals surface area contributed by atoms with Gasteiger partial charge in [-0.3, -0.25) is 0 Å². The summed E-state index contributed by atoms with van der Waals surface area (Å²) < 4.78 is 0. The average Bonchev–Trinajstić information content (AvgIpc) is 2.39. The molecule has 2 rings (SSSR count). The maximum Gasteiger partial charge on any atom is 0.0347 e. The highest BCUT2D eigenvalue weighted by Crippen LogP contribution is 2.34. The molecule has 1 heteroatoms. The lowest BCUT2D eigenvalue weighted by Crippen LogP contribution is -2.21. The van der Waals surface area contributed by atoms with E-state index in [1.807, 2.05) is 6.08 Å². The van der Waals surface area contributed by atoms with Crippen LogP contribution in [-0.2, 0) is 12.0 Å². The molecule has 1 nitrogen and oxygen atoms in total. The molecule has 82 valence electrons. The normalized spacial score (nSPS) is 23.3. The van der Waals surface area contributed by atoms with Crippen LogP contribution in [0.5, 0.6) is 0 Å². The van der Waals surface area contributed by atoms with Crippen LogP contribution in [0.2, 0.25) is 0 Å². The van der Waals surface area contributed by atoms with Gasteiger partial charge >= 0.3 is 0 Å². The second kappa shape index (κ2) is 4.50. The van der Waals surface area contributed by atoms with Crippen molar-refractivity contribution >= 4 is 0 Å². The molecule has 1 aliphatic carbocycles. The Bertz CT molecular complexity index is 443. The molecule has 1 atom stereocenters. The first-order valence-electron chi connectivity index (χ1n) is 5.58. The van der Waals surface area contributed by atoms with Crippen LogP contribution in [0.1, 0.15) is 17.5 Å². The minimum atomic E-state index is -0.0556. The Morgan fingerprint density at radius 3 is 2.88 bits per heavy atom. The van der Waals surface area contributed by atoms with Crippen LogP contribution in [0.3, 0.4) is 0 Å². The summed E-state index contributed by atoms with van der Waals surface area (Å²) in [5, 5.41) is 0. The summed E-state index contributed by atoms with van der Waals surface area (Å²) >= 11 is 0. The van der Waals surface area contributed by atoms with E-state index in [4.69, 9.17) is 5.73 Å². The fraction of sp³-hybridized carbons (Fsp3) is 0.200. The standard InChI is InChI=1S/C15H17N/c1-2-15(9-4-3-5-10-15)14-8-6-7-13(11-14)12-16/h2-9,11H,1,10,12,16H2. The van der Waals surface area contributed by atoms with Crippen molar-refractivity contribution in [1.29, 1.82) is 0 Å². The number of rotatable bonds is 3. The van der Waals surface area contributed by atoms with Crippen molar-refractivity contribution in [1.82, 2.24) is 0 Å². The summed E-state index contributed by atoms with van der Waals surface area (Å²) in [6.07, 6.45) is 11.5. The van der Waals surface area contributed by atoms with Crippen LogP contribution in [0.25, 0.3) is 0 Å². The Morgan fingerprint density at radius 1 is 1.38 bits per heavy atom. The first kappa shape index (κ1) is 10.9. The molecule has 1 aromatic rings. The first-order chi connectivity index (χ1) is 7.80. The van der Waals surface area contributed by atoms with Gasteiger partial charge in [0.05, 0.1) is 0 Å². The van der Waals surface area contributed by atoms with E-state index < -0.39 is 0 Å². The maximum absolute atomic E-state index is 5.68. The molecule has 0 saturated heterocycles. The van der Waals surface area contributed by atoms with Crippen molar-refractivity contribution < 1.29 is 0 Å². The minimum Gasteiger partial charge on any atom is -0.326 e. The molecule has 0 aromatic heterocycles. The molecule has 1 unspecified atom stereocenters. The molecule has 16 heavy (non-hydrogen) atoms. The molecular formula is C15H17N. The van der Waals surface area contributed by atoms with E-state index in [0.29, 0.717) is 6.54 Å². The van der Waals surface area contributed by atoms with Gasteiger partial charge in [0.2, 0.25) is 0 Å². The largest absolute Gasteiger partial charge is 0.326 e. The number of nitrogens with two attached hydrogens (primary N) is 1. The quantitative estimate of drug-likeness (QED) is 0.764. The monoisotopic (exact) mass is 211 g/mol. The van der Waals surface area contributed by atoms with Gasteiger partial charge in [0.15, 0.2) is 0 Å². The lowest BCUT2D eigenvalue weighted by Gasteiger charge is -2.28. The Hall–Kier alpha value is -1.60. The van der Waals surface area contributed by atoms with Gasteiger partial charge in [-0.1, -0.05) is 54.6 Å². The van der Waals surface area contributed by atoms with E-state index in [-0.39, 0.29) is 5.41 Å². The Balaban J connectivity index is 2.44. The van der Waals surface area contributed by atoms with E-state index in [1.54, 1.807) is 0 Å². The minimum absolute atomic E-state index is 0.0556. The number of allylic oxidation sites excluding steroid dienone is 5. The predicted octanol–water partition coefficient (Wildman–Crippen LogP) is 3.09. The van der Waals surface area contributed by atoms with Crippen molar-refractivity contribution in [3.8, 4) is 0 Å². The van der Waals surface area contributed by atoms with Crippen LogP contribution in [0.15, 0.2) is 61.2 Å². The van der Waals surface area contributed by atoms with Gasteiger partial charge < -0.3 is 5.73 Å². The summed E-state index contributed by atoms with van der Waals surface area (Å²) in [6.45, 7) is 4.56.